The number of hydrogen-bond donors (Lipinski definition) is 1. The largest absolute Gasteiger partial charge is 0.494 e. The summed E-state index contributed by atoms with van der Waals surface area (Å²) >= 11 is 12.4. The number of amides is 2. The lowest BCUT2D eigenvalue weighted by Crippen LogP contribution is -2.50. The van der Waals surface area contributed by atoms with E-state index in [-0.39, 0.29) is 37.7 Å². The van der Waals surface area contributed by atoms with Gasteiger partial charge in [-0.25, -0.2) is 8.42 Å². The molecule has 0 radical (unpaired) electrons. The normalized spacial score (nSPS) is 11.9. The smallest absolute Gasteiger partial charge is 0.243 e. The molecule has 3 aromatic carbocycles. The van der Waals surface area contributed by atoms with Crippen LogP contribution in [0.1, 0.15) is 44.2 Å². The van der Waals surface area contributed by atoms with Crippen LogP contribution in [0.4, 0.5) is 5.69 Å². The molecule has 11 heteroatoms. The minimum atomic E-state index is -3.62. The van der Waals surface area contributed by atoms with E-state index in [4.69, 9.17) is 27.9 Å². The van der Waals surface area contributed by atoms with Crippen molar-refractivity contribution in [1.29, 1.82) is 0 Å². The van der Waals surface area contributed by atoms with Crippen LogP contribution in [-0.2, 0) is 32.6 Å². The Morgan fingerprint density at radius 1 is 0.930 bits per heavy atom. The predicted octanol–water partition coefficient (Wildman–Crippen LogP) is 6.10. The molecule has 2 amide bonds. The Morgan fingerprint density at radius 2 is 1.63 bits per heavy atom. The summed E-state index contributed by atoms with van der Waals surface area (Å²) < 4.78 is 32.1. The van der Waals surface area contributed by atoms with Gasteiger partial charge in [0.15, 0.2) is 0 Å². The van der Waals surface area contributed by atoms with Gasteiger partial charge in [0.2, 0.25) is 21.8 Å². The molecule has 0 aromatic heterocycles. The third kappa shape index (κ3) is 10.4. The first kappa shape index (κ1) is 34.2. The molecule has 232 valence electrons. The third-order valence-electron chi connectivity index (χ3n) is 6.75. The molecule has 1 atom stereocenters. The van der Waals surface area contributed by atoms with Gasteiger partial charge in [0.25, 0.3) is 0 Å². The van der Waals surface area contributed by atoms with Crippen molar-refractivity contribution >= 4 is 50.7 Å². The molecule has 0 heterocycles. The molecule has 43 heavy (non-hydrogen) atoms. The van der Waals surface area contributed by atoms with Crippen LogP contribution in [0.25, 0.3) is 0 Å². The van der Waals surface area contributed by atoms with Crippen LogP contribution in [0, 0.1) is 0 Å². The number of halogens is 2. The Bertz CT molecular complexity index is 1450. The van der Waals surface area contributed by atoms with E-state index in [1.165, 1.54) is 4.31 Å². The molecule has 0 aliphatic carbocycles. The van der Waals surface area contributed by atoms with Gasteiger partial charge in [0, 0.05) is 32.5 Å². The minimum Gasteiger partial charge on any atom is -0.494 e. The van der Waals surface area contributed by atoms with E-state index in [2.05, 4.69) is 5.32 Å². The molecule has 8 nitrogen and oxygen atoms in total. The number of hydrogen-bond acceptors (Lipinski definition) is 5. The number of carbonyl (C=O) groups is 2. The molecule has 0 spiro atoms. The maximum atomic E-state index is 13.9. The summed E-state index contributed by atoms with van der Waals surface area (Å²) in [5, 5.41) is 3.68. The molecular formula is C32H39Cl2N3O5S. The van der Waals surface area contributed by atoms with Gasteiger partial charge in [-0.3, -0.25) is 13.9 Å². The first-order valence-corrected chi connectivity index (χ1v) is 16.9. The van der Waals surface area contributed by atoms with Crippen LogP contribution in [-0.4, -0.2) is 57.1 Å². The number of nitrogens with zero attached hydrogens (tertiary/aromatic N) is 2. The number of benzene rings is 3. The molecule has 3 rings (SSSR count). The van der Waals surface area contributed by atoms with E-state index < -0.39 is 16.1 Å². The van der Waals surface area contributed by atoms with Gasteiger partial charge < -0.3 is 15.0 Å². The van der Waals surface area contributed by atoms with Gasteiger partial charge in [0.05, 0.1) is 28.6 Å². The van der Waals surface area contributed by atoms with Crippen molar-refractivity contribution in [2.24, 2.45) is 0 Å². The minimum absolute atomic E-state index is 0.0245. The predicted molar refractivity (Wildman–Crippen MR) is 173 cm³/mol. The topological polar surface area (TPSA) is 96.0 Å². The lowest BCUT2D eigenvalue weighted by atomic mass is 10.0. The van der Waals surface area contributed by atoms with Crippen LogP contribution in [0.5, 0.6) is 5.75 Å². The SMILES string of the molecule is CCCNC(=O)[C@H](Cc1ccccc1)N(Cc1ccc(Cl)c(Cl)c1)C(=O)CCCN(c1ccc(OCC)cc1)S(C)(=O)=O. The van der Waals surface area contributed by atoms with E-state index in [9.17, 15) is 18.0 Å². The van der Waals surface area contributed by atoms with Crippen molar-refractivity contribution in [2.75, 3.05) is 30.3 Å². The number of ether oxygens (including phenoxy) is 1. The molecule has 0 aliphatic heterocycles. The van der Waals surface area contributed by atoms with Crippen LogP contribution < -0.4 is 14.4 Å². The highest BCUT2D eigenvalue weighted by molar-refractivity contribution is 7.92. The molecule has 0 unspecified atom stereocenters. The van der Waals surface area contributed by atoms with Crippen LogP contribution in [0.15, 0.2) is 72.8 Å². The monoisotopic (exact) mass is 647 g/mol. The average molecular weight is 649 g/mol. The molecule has 1 N–H and O–H groups in total. The third-order valence-corrected chi connectivity index (χ3v) is 8.68. The summed E-state index contributed by atoms with van der Waals surface area (Å²) in [5.41, 5.74) is 2.10. The molecule has 3 aromatic rings. The highest BCUT2D eigenvalue weighted by Gasteiger charge is 2.30. The summed E-state index contributed by atoms with van der Waals surface area (Å²) in [5.74, 6) is 0.101. The lowest BCUT2D eigenvalue weighted by molar-refractivity contribution is -0.141. The number of carbonyl (C=O) groups excluding carboxylic acids is 2. The number of rotatable bonds is 16. The zero-order chi connectivity index (χ0) is 31.4. The van der Waals surface area contributed by atoms with Gasteiger partial charge in [-0.1, -0.05) is 66.5 Å². The van der Waals surface area contributed by atoms with Crippen LogP contribution >= 0.6 is 23.2 Å². The second kappa shape index (κ2) is 16.5. The standard InChI is InChI=1S/C32H39Cl2N3O5S/c1-4-19-35-32(39)30(22-24-10-7-6-8-11-24)36(23-25-13-18-28(33)29(34)21-25)31(38)12-9-20-37(43(3,40)41)26-14-16-27(17-15-26)42-5-2/h6-8,10-11,13-18,21,30H,4-5,9,12,19-20,22-23H2,1-3H3,(H,35,39)/t30-/m0/s1. The fourth-order valence-corrected chi connectivity index (χ4v) is 5.92. The fourth-order valence-electron chi connectivity index (χ4n) is 4.63. The summed E-state index contributed by atoms with van der Waals surface area (Å²) in [6, 6.07) is 20.6. The van der Waals surface area contributed by atoms with Crippen LogP contribution in [0.3, 0.4) is 0 Å². The van der Waals surface area contributed by atoms with Gasteiger partial charge in [0.1, 0.15) is 11.8 Å². The Labute approximate surface area is 265 Å². The number of sulfonamides is 1. The van der Waals surface area contributed by atoms with Crippen molar-refractivity contribution in [3.05, 3.63) is 94.0 Å². The maximum Gasteiger partial charge on any atom is 0.243 e. The zero-order valence-electron chi connectivity index (χ0n) is 24.8. The summed E-state index contributed by atoms with van der Waals surface area (Å²) in [4.78, 5) is 28.9. The summed E-state index contributed by atoms with van der Waals surface area (Å²) in [6.45, 7) is 5.02. The van der Waals surface area contributed by atoms with Crippen molar-refractivity contribution in [2.45, 2.75) is 52.1 Å². The first-order chi connectivity index (χ1) is 20.5. The van der Waals surface area contributed by atoms with Crippen molar-refractivity contribution in [3.8, 4) is 5.75 Å². The maximum absolute atomic E-state index is 13.9. The van der Waals surface area contributed by atoms with Gasteiger partial charge in [-0.05, 0) is 67.3 Å². The van der Waals surface area contributed by atoms with E-state index in [1.54, 1.807) is 47.4 Å². The Kier molecular flexibility index (Phi) is 13.2. The van der Waals surface area contributed by atoms with Crippen molar-refractivity contribution in [1.82, 2.24) is 10.2 Å². The van der Waals surface area contributed by atoms with Crippen molar-refractivity contribution < 1.29 is 22.7 Å². The Hall–Kier alpha value is -3.27. The molecular weight excluding hydrogens is 609 g/mol. The van der Waals surface area contributed by atoms with Crippen LogP contribution in [0.2, 0.25) is 10.0 Å². The first-order valence-electron chi connectivity index (χ1n) is 14.3. The average Bonchev–Trinajstić information content (AvgIpc) is 2.98. The highest BCUT2D eigenvalue weighted by Crippen LogP contribution is 2.26. The molecule has 0 aliphatic rings. The van der Waals surface area contributed by atoms with Gasteiger partial charge >= 0.3 is 0 Å². The summed E-state index contributed by atoms with van der Waals surface area (Å²) in [7, 11) is -3.62. The zero-order valence-corrected chi connectivity index (χ0v) is 27.1. The Morgan fingerprint density at radius 3 is 2.23 bits per heavy atom. The van der Waals surface area contributed by atoms with Gasteiger partial charge in [-0.15, -0.1) is 0 Å². The Balaban J connectivity index is 1.87. The van der Waals surface area contributed by atoms with E-state index in [0.717, 1.165) is 23.8 Å². The molecule has 0 fully saturated rings. The fraction of sp³-hybridized carbons (Fsp3) is 0.375. The molecule has 0 saturated carbocycles. The van der Waals surface area contributed by atoms with E-state index in [0.29, 0.717) is 41.1 Å². The molecule has 0 bridgehead atoms. The number of anilines is 1. The van der Waals surface area contributed by atoms with Gasteiger partial charge in [-0.2, -0.15) is 0 Å². The van der Waals surface area contributed by atoms with Crippen molar-refractivity contribution in [3.63, 3.8) is 0 Å². The highest BCUT2D eigenvalue weighted by atomic mass is 35.5. The second-order valence-electron chi connectivity index (χ2n) is 10.1. The molecule has 0 saturated heterocycles. The second-order valence-corrected chi connectivity index (χ2v) is 12.9. The lowest BCUT2D eigenvalue weighted by Gasteiger charge is -2.32. The van der Waals surface area contributed by atoms with E-state index >= 15 is 0 Å². The number of nitrogens with one attached hydrogen (secondary N) is 1. The quantitative estimate of drug-likeness (QED) is 0.203. The summed E-state index contributed by atoms with van der Waals surface area (Å²) in [6.07, 6.45) is 2.46. The van der Waals surface area contributed by atoms with E-state index in [1.807, 2.05) is 44.2 Å².